The number of rotatable bonds is 4. The van der Waals surface area contributed by atoms with E-state index in [0.717, 1.165) is 11.4 Å². The third-order valence-electron chi connectivity index (χ3n) is 3.07. The molecule has 0 fully saturated rings. The molecule has 0 amide bonds. The van der Waals surface area contributed by atoms with Gasteiger partial charge in [-0.25, -0.2) is 0 Å². The molecule has 0 saturated heterocycles. The number of aryl methyl sites for hydroxylation is 1. The summed E-state index contributed by atoms with van der Waals surface area (Å²) >= 11 is 11.5. The topological polar surface area (TPSA) is 60.7 Å². The van der Waals surface area contributed by atoms with Gasteiger partial charge in [-0.1, -0.05) is 11.6 Å². The number of halogens is 1. The SMILES string of the molecule is CCOc1ccc(-n2c(-c3nn(C)cc3Cl)n[nH]c2=S)cc1. The third-order valence-corrected chi connectivity index (χ3v) is 3.62. The molecule has 0 bridgehead atoms. The van der Waals surface area contributed by atoms with Crippen molar-refractivity contribution in [3.05, 3.63) is 40.3 Å². The first-order valence-corrected chi connectivity index (χ1v) is 7.49. The summed E-state index contributed by atoms with van der Waals surface area (Å²) in [6.45, 7) is 2.57. The van der Waals surface area contributed by atoms with Crippen molar-refractivity contribution in [3.63, 3.8) is 0 Å². The van der Waals surface area contributed by atoms with Crippen molar-refractivity contribution in [1.29, 1.82) is 0 Å². The Bertz CT molecular complexity index is 849. The Morgan fingerprint density at radius 1 is 1.32 bits per heavy atom. The predicted molar refractivity (Wildman–Crippen MR) is 87.1 cm³/mol. The lowest BCUT2D eigenvalue weighted by Crippen LogP contribution is -1.99. The Labute approximate surface area is 137 Å². The fraction of sp³-hybridized carbons (Fsp3) is 0.214. The molecular formula is C14H14ClN5OS. The highest BCUT2D eigenvalue weighted by Gasteiger charge is 2.17. The Morgan fingerprint density at radius 3 is 2.64 bits per heavy atom. The molecule has 0 atom stereocenters. The monoisotopic (exact) mass is 335 g/mol. The minimum Gasteiger partial charge on any atom is -0.494 e. The van der Waals surface area contributed by atoms with Crippen LogP contribution < -0.4 is 4.74 Å². The maximum Gasteiger partial charge on any atom is 0.200 e. The normalized spacial score (nSPS) is 10.9. The fourth-order valence-corrected chi connectivity index (χ4v) is 2.67. The summed E-state index contributed by atoms with van der Waals surface area (Å²) < 4.78 is 9.35. The maximum absolute atomic E-state index is 6.21. The van der Waals surface area contributed by atoms with E-state index in [4.69, 9.17) is 28.6 Å². The first-order valence-electron chi connectivity index (χ1n) is 6.70. The van der Waals surface area contributed by atoms with Crippen molar-refractivity contribution < 1.29 is 4.74 Å². The molecule has 1 N–H and O–H groups in total. The number of nitrogens with one attached hydrogen (secondary N) is 1. The van der Waals surface area contributed by atoms with Crippen molar-refractivity contribution in [2.75, 3.05) is 6.61 Å². The molecule has 8 heteroatoms. The lowest BCUT2D eigenvalue weighted by atomic mass is 10.3. The van der Waals surface area contributed by atoms with Gasteiger partial charge in [0.15, 0.2) is 10.6 Å². The van der Waals surface area contributed by atoms with Gasteiger partial charge < -0.3 is 4.74 Å². The molecule has 2 heterocycles. The molecule has 6 nitrogen and oxygen atoms in total. The molecule has 0 spiro atoms. The molecule has 1 aromatic carbocycles. The van der Waals surface area contributed by atoms with Crippen LogP contribution in [0.25, 0.3) is 17.2 Å². The Hall–Kier alpha value is -2.12. The van der Waals surface area contributed by atoms with E-state index in [9.17, 15) is 0 Å². The fourth-order valence-electron chi connectivity index (χ4n) is 2.16. The molecule has 22 heavy (non-hydrogen) atoms. The Balaban J connectivity index is 2.10. The highest BCUT2D eigenvalue weighted by atomic mass is 35.5. The summed E-state index contributed by atoms with van der Waals surface area (Å²) in [6, 6.07) is 7.60. The molecule has 0 aliphatic heterocycles. The van der Waals surface area contributed by atoms with Crippen LogP contribution in [0, 0.1) is 4.77 Å². The number of H-pyrrole nitrogens is 1. The van der Waals surface area contributed by atoms with E-state index < -0.39 is 0 Å². The zero-order valence-electron chi connectivity index (χ0n) is 12.1. The van der Waals surface area contributed by atoms with Crippen molar-refractivity contribution in [2.24, 2.45) is 7.05 Å². The number of aromatic nitrogens is 5. The minimum atomic E-state index is 0.473. The standard InChI is InChI=1S/C14H14ClN5OS/c1-3-21-10-6-4-9(5-7-10)20-13(16-17-14(20)22)12-11(15)8-19(2)18-12/h4-8H,3H2,1-2H3,(H,17,22). The van der Waals surface area contributed by atoms with Gasteiger partial charge in [-0.2, -0.15) is 10.2 Å². The lowest BCUT2D eigenvalue weighted by Gasteiger charge is -2.07. The molecular weight excluding hydrogens is 322 g/mol. The second kappa shape index (κ2) is 5.94. The van der Waals surface area contributed by atoms with Gasteiger partial charge in [0, 0.05) is 13.2 Å². The third kappa shape index (κ3) is 2.65. The summed E-state index contributed by atoms with van der Waals surface area (Å²) in [5, 5.41) is 11.9. The second-order valence-electron chi connectivity index (χ2n) is 4.61. The maximum atomic E-state index is 6.21. The molecule has 3 aromatic rings. The first kappa shape index (κ1) is 14.8. The average Bonchev–Trinajstić information content (AvgIpc) is 3.02. The summed E-state index contributed by atoms with van der Waals surface area (Å²) in [7, 11) is 1.80. The van der Waals surface area contributed by atoms with Crippen molar-refractivity contribution >= 4 is 23.8 Å². The molecule has 0 saturated carbocycles. The number of ether oxygens (including phenoxy) is 1. The van der Waals surface area contributed by atoms with E-state index in [1.54, 1.807) is 22.5 Å². The van der Waals surface area contributed by atoms with Crippen molar-refractivity contribution in [2.45, 2.75) is 6.92 Å². The quantitative estimate of drug-likeness (QED) is 0.742. The smallest absolute Gasteiger partial charge is 0.200 e. The van der Waals surface area contributed by atoms with E-state index in [-0.39, 0.29) is 0 Å². The van der Waals surface area contributed by atoms with Gasteiger partial charge in [0.2, 0.25) is 0 Å². The molecule has 114 valence electrons. The highest BCUT2D eigenvalue weighted by molar-refractivity contribution is 7.71. The molecule has 0 radical (unpaired) electrons. The molecule has 0 aliphatic carbocycles. The zero-order chi connectivity index (χ0) is 15.7. The average molecular weight is 336 g/mol. The molecule has 0 aliphatic rings. The Kier molecular flexibility index (Phi) is 4.00. The lowest BCUT2D eigenvalue weighted by molar-refractivity contribution is 0.340. The summed E-state index contributed by atoms with van der Waals surface area (Å²) in [6.07, 6.45) is 1.72. The van der Waals surface area contributed by atoms with E-state index in [1.165, 1.54) is 0 Å². The molecule has 3 rings (SSSR count). The van der Waals surface area contributed by atoms with Gasteiger partial charge in [-0.3, -0.25) is 14.3 Å². The molecule has 0 unspecified atom stereocenters. The van der Waals surface area contributed by atoms with Crippen LogP contribution in [0.15, 0.2) is 30.5 Å². The number of hydrogen-bond donors (Lipinski definition) is 1. The first-order chi connectivity index (χ1) is 10.6. The van der Waals surface area contributed by atoms with Gasteiger partial charge in [-0.05, 0) is 43.4 Å². The summed E-state index contributed by atoms with van der Waals surface area (Å²) in [5.74, 6) is 1.37. The number of aromatic amines is 1. The van der Waals surface area contributed by atoms with Gasteiger partial charge in [-0.15, -0.1) is 0 Å². The van der Waals surface area contributed by atoms with Crippen LogP contribution in [0.4, 0.5) is 0 Å². The van der Waals surface area contributed by atoms with Gasteiger partial charge in [0.1, 0.15) is 11.4 Å². The number of nitrogens with zero attached hydrogens (tertiary/aromatic N) is 4. The Morgan fingerprint density at radius 2 is 2.05 bits per heavy atom. The van der Waals surface area contributed by atoms with Crippen LogP contribution in [-0.4, -0.2) is 31.2 Å². The van der Waals surface area contributed by atoms with Crippen LogP contribution in [0.5, 0.6) is 5.75 Å². The summed E-state index contributed by atoms with van der Waals surface area (Å²) in [4.78, 5) is 0. The summed E-state index contributed by atoms with van der Waals surface area (Å²) in [5.41, 5.74) is 1.43. The van der Waals surface area contributed by atoms with Gasteiger partial charge in [0.05, 0.1) is 17.3 Å². The van der Waals surface area contributed by atoms with Crippen LogP contribution in [-0.2, 0) is 7.05 Å². The van der Waals surface area contributed by atoms with Gasteiger partial charge in [0.25, 0.3) is 0 Å². The van der Waals surface area contributed by atoms with Crippen LogP contribution in [0.1, 0.15) is 6.92 Å². The van der Waals surface area contributed by atoms with Gasteiger partial charge >= 0.3 is 0 Å². The van der Waals surface area contributed by atoms with E-state index in [2.05, 4.69) is 15.3 Å². The van der Waals surface area contributed by atoms with E-state index in [1.807, 2.05) is 31.2 Å². The molecule has 2 aromatic heterocycles. The van der Waals surface area contributed by atoms with E-state index in [0.29, 0.717) is 27.9 Å². The van der Waals surface area contributed by atoms with Crippen LogP contribution in [0.3, 0.4) is 0 Å². The minimum absolute atomic E-state index is 0.473. The van der Waals surface area contributed by atoms with Crippen LogP contribution in [0.2, 0.25) is 5.02 Å². The van der Waals surface area contributed by atoms with Crippen molar-refractivity contribution in [1.82, 2.24) is 24.5 Å². The van der Waals surface area contributed by atoms with Crippen LogP contribution >= 0.6 is 23.8 Å². The number of hydrogen-bond acceptors (Lipinski definition) is 4. The van der Waals surface area contributed by atoms with Crippen molar-refractivity contribution in [3.8, 4) is 23.0 Å². The second-order valence-corrected chi connectivity index (χ2v) is 5.41. The largest absolute Gasteiger partial charge is 0.494 e. The van der Waals surface area contributed by atoms with E-state index >= 15 is 0 Å². The predicted octanol–water partition coefficient (Wildman–Crippen LogP) is 3.38. The highest BCUT2D eigenvalue weighted by Crippen LogP contribution is 2.27. The zero-order valence-corrected chi connectivity index (χ0v) is 13.6. The number of benzene rings is 1.